The number of hydrogen-bond acceptors (Lipinski definition) is 2. The van der Waals surface area contributed by atoms with Crippen molar-refractivity contribution in [3.8, 4) is 0 Å². The van der Waals surface area contributed by atoms with Crippen LogP contribution < -0.4 is 5.32 Å². The van der Waals surface area contributed by atoms with Gasteiger partial charge in [-0.3, -0.25) is 0 Å². The number of amides is 1. The fourth-order valence-electron chi connectivity index (χ4n) is 2.23. The molecule has 1 amide bonds. The van der Waals surface area contributed by atoms with Crippen LogP contribution in [-0.4, -0.2) is 12.7 Å². The summed E-state index contributed by atoms with van der Waals surface area (Å²) in [5, 5.41) is 2.28. The van der Waals surface area contributed by atoms with E-state index < -0.39 is 40.7 Å². The molecule has 0 bridgehead atoms. The Kier molecular flexibility index (Phi) is 3.39. The molecule has 1 saturated heterocycles. The fourth-order valence-corrected chi connectivity index (χ4v) is 2.23. The van der Waals surface area contributed by atoms with Crippen molar-refractivity contribution in [3.05, 3.63) is 35.1 Å². The van der Waals surface area contributed by atoms with Crippen molar-refractivity contribution in [2.75, 3.05) is 6.61 Å². The summed E-state index contributed by atoms with van der Waals surface area (Å²) < 4.78 is 57.8. The first-order chi connectivity index (χ1) is 9.13. The zero-order valence-electron chi connectivity index (χ0n) is 10.8. The summed E-state index contributed by atoms with van der Waals surface area (Å²) in [7, 11) is 0. The number of ether oxygens (including phenoxy) is 1. The highest BCUT2D eigenvalue weighted by Crippen LogP contribution is 2.43. The molecule has 0 aromatic heterocycles. The second kappa shape index (κ2) is 4.64. The number of carbonyl (C=O) groups is 1. The summed E-state index contributed by atoms with van der Waals surface area (Å²) in [6.07, 6.45) is -5.55. The number of alkyl carbamates (subject to hydrolysis) is 1. The highest BCUT2D eigenvalue weighted by atomic mass is 19.4. The summed E-state index contributed by atoms with van der Waals surface area (Å²) in [4.78, 5) is 11.3. The molecule has 110 valence electrons. The van der Waals surface area contributed by atoms with Gasteiger partial charge in [-0.2, -0.15) is 13.2 Å². The number of carbonyl (C=O) groups excluding carboxylic acids is 1. The first kappa shape index (κ1) is 14.6. The standard InChI is InChI=1S/C13H13F4NO2/c1-12(2)6-20-11(19)18-10(12)9-7(13(15,16)17)4-3-5-8(9)14/h3-5,10H,6H2,1-2H3,(H,18,19)/t10-/m1/s1. The Morgan fingerprint density at radius 3 is 2.60 bits per heavy atom. The van der Waals surface area contributed by atoms with Crippen LogP contribution in [-0.2, 0) is 10.9 Å². The van der Waals surface area contributed by atoms with Crippen LogP contribution in [0.1, 0.15) is 31.0 Å². The zero-order chi connectivity index (χ0) is 15.1. The molecule has 3 nitrogen and oxygen atoms in total. The molecular weight excluding hydrogens is 278 g/mol. The van der Waals surface area contributed by atoms with Gasteiger partial charge in [0.15, 0.2) is 0 Å². The van der Waals surface area contributed by atoms with Gasteiger partial charge >= 0.3 is 12.3 Å². The van der Waals surface area contributed by atoms with E-state index in [1.54, 1.807) is 13.8 Å². The van der Waals surface area contributed by atoms with Crippen molar-refractivity contribution in [1.29, 1.82) is 0 Å². The summed E-state index contributed by atoms with van der Waals surface area (Å²) in [6.45, 7) is 3.11. The third kappa shape index (κ3) is 2.57. The fraction of sp³-hybridized carbons (Fsp3) is 0.462. The van der Waals surface area contributed by atoms with E-state index in [2.05, 4.69) is 5.32 Å². The van der Waals surface area contributed by atoms with E-state index in [1.807, 2.05) is 0 Å². The Labute approximate surface area is 112 Å². The smallest absolute Gasteiger partial charge is 0.416 e. The van der Waals surface area contributed by atoms with Crippen molar-refractivity contribution in [3.63, 3.8) is 0 Å². The molecular formula is C13H13F4NO2. The molecule has 0 unspecified atom stereocenters. The molecule has 1 aliphatic rings. The van der Waals surface area contributed by atoms with Crippen LogP contribution >= 0.6 is 0 Å². The van der Waals surface area contributed by atoms with Crippen molar-refractivity contribution in [1.82, 2.24) is 5.32 Å². The molecule has 1 fully saturated rings. The summed E-state index contributed by atoms with van der Waals surface area (Å²) in [5.41, 5.74) is -2.50. The monoisotopic (exact) mass is 291 g/mol. The van der Waals surface area contributed by atoms with Gasteiger partial charge < -0.3 is 10.1 Å². The zero-order valence-corrected chi connectivity index (χ0v) is 10.8. The van der Waals surface area contributed by atoms with Gasteiger partial charge in [0, 0.05) is 11.0 Å². The lowest BCUT2D eigenvalue weighted by Crippen LogP contribution is -2.47. The normalized spacial score (nSPS) is 22.1. The molecule has 0 aliphatic carbocycles. The quantitative estimate of drug-likeness (QED) is 0.802. The molecule has 0 radical (unpaired) electrons. The molecule has 1 aliphatic heterocycles. The van der Waals surface area contributed by atoms with Gasteiger partial charge in [-0.1, -0.05) is 19.9 Å². The molecule has 7 heteroatoms. The number of hydrogen-bond donors (Lipinski definition) is 1. The number of halogens is 4. The van der Waals surface area contributed by atoms with E-state index >= 15 is 0 Å². The maximum absolute atomic E-state index is 13.9. The van der Waals surface area contributed by atoms with Gasteiger partial charge in [0.05, 0.1) is 11.6 Å². The lowest BCUT2D eigenvalue weighted by atomic mass is 9.78. The topological polar surface area (TPSA) is 38.3 Å². The predicted octanol–water partition coefficient (Wildman–Crippen LogP) is 3.65. The van der Waals surface area contributed by atoms with E-state index in [0.29, 0.717) is 0 Å². The van der Waals surface area contributed by atoms with E-state index in [9.17, 15) is 22.4 Å². The van der Waals surface area contributed by atoms with Crippen LogP contribution in [0.2, 0.25) is 0 Å². The molecule has 0 saturated carbocycles. The predicted molar refractivity (Wildman–Crippen MR) is 62.4 cm³/mol. The number of benzene rings is 1. The summed E-state index contributed by atoms with van der Waals surface area (Å²) in [6, 6.07) is 1.63. The number of rotatable bonds is 1. The maximum Gasteiger partial charge on any atom is 0.416 e. The molecule has 1 aromatic carbocycles. The average molecular weight is 291 g/mol. The van der Waals surface area contributed by atoms with Crippen LogP contribution in [0, 0.1) is 11.2 Å². The van der Waals surface area contributed by atoms with Crippen LogP contribution in [0.3, 0.4) is 0 Å². The maximum atomic E-state index is 13.9. The van der Waals surface area contributed by atoms with Crippen molar-refractivity contribution in [2.24, 2.45) is 5.41 Å². The van der Waals surface area contributed by atoms with Gasteiger partial charge in [0.1, 0.15) is 12.4 Å². The number of nitrogens with one attached hydrogen (secondary N) is 1. The lowest BCUT2D eigenvalue weighted by Gasteiger charge is -2.39. The van der Waals surface area contributed by atoms with Crippen molar-refractivity contribution < 1.29 is 27.1 Å². The SMILES string of the molecule is CC1(C)COC(=O)N[C@@H]1c1c(F)cccc1C(F)(F)F. The molecule has 1 aromatic rings. The second-order valence-corrected chi connectivity index (χ2v) is 5.34. The first-order valence-corrected chi connectivity index (χ1v) is 5.92. The van der Waals surface area contributed by atoms with Crippen LogP contribution in [0.4, 0.5) is 22.4 Å². The molecule has 1 N–H and O–H groups in total. The third-order valence-electron chi connectivity index (χ3n) is 3.27. The summed E-state index contributed by atoms with van der Waals surface area (Å²) in [5.74, 6) is -1.000. The Hall–Kier alpha value is -1.79. The largest absolute Gasteiger partial charge is 0.449 e. The van der Waals surface area contributed by atoms with Crippen LogP contribution in [0.5, 0.6) is 0 Å². The minimum absolute atomic E-state index is 0.0882. The summed E-state index contributed by atoms with van der Waals surface area (Å²) >= 11 is 0. The van der Waals surface area contributed by atoms with Crippen molar-refractivity contribution in [2.45, 2.75) is 26.1 Å². The highest BCUT2D eigenvalue weighted by molar-refractivity contribution is 5.69. The van der Waals surface area contributed by atoms with E-state index in [0.717, 1.165) is 18.2 Å². The van der Waals surface area contributed by atoms with Crippen LogP contribution in [0.25, 0.3) is 0 Å². The third-order valence-corrected chi connectivity index (χ3v) is 3.27. The second-order valence-electron chi connectivity index (χ2n) is 5.34. The van der Waals surface area contributed by atoms with Gasteiger partial charge in [-0.15, -0.1) is 0 Å². The molecule has 20 heavy (non-hydrogen) atoms. The highest BCUT2D eigenvalue weighted by Gasteiger charge is 2.44. The molecule has 1 atom stereocenters. The minimum atomic E-state index is -4.70. The Morgan fingerprint density at radius 1 is 1.35 bits per heavy atom. The van der Waals surface area contributed by atoms with E-state index in [1.165, 1.54) is 0 Å². The Bertz CT molecular complexity index is 540. The van der Waals surface area contributed by atoms with Gasteiger partial charge in [0.25, 0.3) is 0 Å². The first-order valence-electron chi connectivity index (χ1n) is 5.92. The Balaban J connectivity index is 2.58. The number of alkyl halides is 3. The van der Waals surface area contributed by atoms with E-state index in [-0.39, 0.29) is 6.61 Å². The Morgan fingerprint density at radius 2 is 2.00 bits per heavy atom. The van der Waals surface area contributed by atoms with Crippen molar-refractivity contribution >= 4 is 6.09 Å². The molecule has 0 spiro atoms. The molecule has 1 heterocycles. The number of cyclic esters (lactones) is 1. The minimum Gasteiger partial charge on any atom is -0.449 e. The molecule has 2 rings (SSSR count). The van der Waals surface area contributed by atoms with E-state index in [4.69, 9.17) is 4.74 Å². The van der Waals surface area contributed by atoms with Gasteiger partial charge in [0.2, 0.25) is 0 Å². The van der Waals surface area contributed by atoms with Gasteiger partial charge in [-0.05, 0) is 12.1 Å². The van der Waals surface area contributed by atoms with Gasteiger partial charge in [-0.25, -0.2) is 9.18 Å². The lowest BCUT2D eigenvalue weighted by molar-refractivity contribution is -0.139. The average Bonchev–Trinajstić information content (AvgIpc) is 2.31. The van der Waals surface area contributed by atoms with Crippen LogP contribution in [0.15, 0.2) is 18.2 Å².